The molecule has 2 heterocycles. The molecule has 5 nitrogen and oxygen atoms in total. The number of hydrogen-bond acceptors (Lipinski definition) is 4. The standard InChI is InChI=1S/C11H5Cl2FN4O/c12-7-3-6(1-2-8(7)14)19-10-4-9(13)17-11-15-5-16-18(10)11/h1-5H. The molecule has 0 atom stereocenters. The predicted octanol–water partition coefficient (Wildman–Crippen LogP) is 3.36. The van der Waals surface area contributed by atoms with E-state index in [1.54, 1.807) is 0 Å². The number of hydrogen-bond donors (Lipinski definition) is 0. The topological polar surface area (TPSA) is 52.3 Å². The van der Waals surface area contributed by atoms with E-state index in [9.17, 15) is 4.39 Å². The highest BCUT2D eigenvalue weighted by atomic mass is 35.5. The zero-order valence-corrected chi connectivity index (χ0v) is 10.7. The summed E-state index contributed by atoms with van der Waals surface area (Å²) in [5, 5.41) is 4.13. The van der Waals surface area contributed by atoms with Crippen LogP contribution in [0.5, 0.6) is 11.6 Å². The minimum absolute atomic E-state index is 0.0347. The van der Waals surface area contributed by atoms with Gasteiger partial charge >= 0.3 is 0 Å². The number of nitrogens with zero attached hydrogens (tertiary/aromatic N) is 4. The molecule has 96 valence electrons. The van der Waals surface area contributed by atoms with E-state index in [2.05, 4.69) is 15.1 Å². The van der Waals surface area contributed by atoms with Crippen molar-refractivity contribution in [2.75, 3.05) is 0 Å². The summed E-state index contributed by atoms with van der Waals surface area (Å²) < 4.78 is 20.0. The minimum atomic E-state index is -0.521. The van der Waals surface area contributed by atoms with E-state index in [1.165, 1.54) is 35.1 Å². The number of benzene rings is 1. The van der Waals surface area contributed by atoms with E-state index in [1.807, 2.05) is 0 Å². The van der Waals surface area contributed by atoms with Crippen LogP contribution in [0.2, 0.25) is 10.2 Å². The van der Waals surface area contributed by atoms with Crippen molar-refractivity contribution in [3.8, 4) is 11.6 Å². The quantitative estimate of drug-likeness (QED) is 0.681. The first kappa shape index (κ1) is 12.1. The lowest BCUT2D eigenvalue weighted by Gasteiger charge is -2.07. The van der Waals surface area contributed by atoms with Crippen LogP contribution < -0.4 is 4.74 Å². The number of halogens is 3. The molecule has 0 saturated carbocycles. The van der Waals surface area contributed by atoms with Gasteiger partial charge in [-0.15, -0.1) is 0 Å². The average molecular weight is 299 g/mol. The van der Waals surface area contributed by atoms with Crippen molar-refractivity contribution < 1.29 is 9.13 Å². The highest BCUT2D eigenvalue weighted by molar-refractivity contribution is 6.30. The SMILES string of the molecule is Fc1ccc(Oc2cc(Cl)nc3ncnn23)cc1Cl. The minimum Gasteiger partial charge on any atom is -0.439 e. The maximum atomic E-state index is 13.1. The molecule has 0 spiro atoms. The maximum Gasteiger partial charge on any atom is 0.256 e. The lowest BCUT2D eigenvalue weighted by atomic mass is 10.3. The van der Waals surface area contributed by atoms with Crippen LogP contribution in [0, 0.1) is 5.82 Å². The van der Waals surface area contributed by atoms with Crippen molar-refractivity contribution >= 4 is 29.0 Å². The van der Waals surface area contributed by atoms with Crippen molar-refractivity contribution in [2.24, 2.45) is 0 Å². The number of fused-ring (bicyclic) bond motifs is 1. The van der Waals surface area contributed by atoms with Gasteiger partial charge in [0.15, 0.2) is 0 Å². The summed E-state index contributed by atoms with van der Waals surface area (Å²) in [5.74, 6) is 0.434. The van der Waals surface area contributed by atoms with Gasteiger partial charge in [0.1, 0.15) is 23.0 Å². The van der Waals surface area contributed by atoms with Gasteiger partial charge in [0, 0.05) is 12.1 Å². The highest BCUT2D eigenvalue weighted by Gasteiger charge is 2.09. The largest absolute Gasteiger partial charge is 0.439 e. The van der Waals surface area contributed by atoms with Gasteiger partial charge in [0.2, 0.25) is 5.88 Å². The Kier molecular flexibility index (Phi) is 2.96. The predicted molar refractivity (Wildman–Crippen MR) is 67.3 cm³/mol. The van der Waals surface area contributed by atoms with E-state index in [0.717, 1.165) is 0 Å². The molecule has 0 N–H and O–H groups in total. The van der Waals surface area contributed by atoms with Crippen molar-refractivity contribution in [2.45, 2.75) is 0 Å². The Morgan fingerprint density at radius 1 is 1.21 bits per heavy atom. The fourth-order valence-corrected chi connectivity index (χ4v) is 1.83. The van der Waals surface area contributed by atoms with E-state index in [-0.39, 0.29) is 10.2 Å². The molecule has 1 aromatic carbocycles. The number of rotatable bonds is 2. The molecular weight excluding hydrogens is 294 g/mol. The molecule has 0 aliphatic rings. The fraction of sp³-hybridized carbons (Fsp3) is 0. The van der Waals surface area contributed by atoms with Gasteiger partial charge in [0.25, 0.3) is 5.78 Å². The van der Waals surface area contributed by atoms with Crippen molar-refractivity contribution in [3.63, 3.8) is 0 Å². The summed E-state index contributed by atoms with van der Waals surface area (Å²) in [6.45, 7) is 0. The molecule has 0 saturated heterocycles. The second kappa shape index (κ2) is 4.64. The molecular formula is C11H5Cl2FN4O. The summed E-state index contributed by atoms with van der Waals surface area (Å²) in [6.07, 6.45) is 1.32. The van der Waals surface area contributed by atoms with Crippen LogP contribution in [0.4, 0.5) is 4.39 Å². The normalized spacial score (nSPS) is 10.9. The van der Waals surface area contributed by atoms with Gasteiger partial charge in [-0.25, -0.2) is 4.39 Å². The lowest BCUT2D eigenvalue weighted by Crippen LogP contribution is -1.98. The number of ether oxygens (including phenoxy) is 1. The Balaban J connectivity index is 2.04. The summed E-state index contributed by atoms with van der Waals surface area (Å²) in [6, 6.07) is 5.48. The number of aromatic nitrogens is 4. The third-order valence-corrected chi connectivity index (χ3v) is 2.78. The Labute approximate surface area is 116 Å². The second-order valence-electron chi connectivity index (χ2n) is 3.57. The van der Waals surface area contributed by atoms with Crippen LogP contribution in [-0.4, -0.2) is 19.6 Å². The van der Waals surface area contributed by atoms with E-state index < -0.39 is 5.82 Å². The lowest BCUT2D eigenvalue weighted by molar-refractivity contribution is 0.444. The van der Waals surface area contributed by atoms with Crippen LogP contribution in [0.1, 0.15) is 0 Å². The van der Waals surface area contributed by atoms with E-state index >= 15 is 0 Å². The van der Waals surface area contributed by atoms with Crippen LogP contribution in [0.25, 0.3) is 5.78 Å². The van der Waals surface area contributed by atoms with E-state index in [4.69, 9.17) is 27.9 Å². The molecule has 0 amide bonds. The van der Waals surface area contributed by atoms with Gasteiger partial charge in [-0.05, 0) is 12.1 Å². The highest BCUT2D eigenvalue weighted by Crippen LogP contribution is 2.27. The van der Waals surface area contributed by atoms with Crippen molar-refractivity contribution in [3.05, 3.63) is 46.6 Å². The first-order chi connectivity index (χ1) is 9.13. The van der Waals surface area contributed by atoms with Crippen LogP contribution in [-0.2, 0) is 0 Å². The van der Waals surface area contributed by atoms with Crippen LogP contribution >= 0.6 is 23.2 Å². The summed E-state index contributed by atoms with van der Waals surface area (Å²) in [4.78, 5) is 7.86. The third-order valence-electron chi connectivity index (χ3n) is 2.30. The molecule has 0 fully saturated rings. The molecule has 0 radical (unpaired) electrons. The Morgan fingerprint density at radius 3 is 2.84 bits per heavy atom. The molecule has 3 aromatic rings. The molecule has 19 heavy (non-hydrogen) atoms. The summed E-state index contributed by atoms with van der Waals surface area (Å²) >= 11 is 11.5. The zero-order chi connectivity index (χ0) is 13.4. The first-order valence-electron chi connectivity index (χ1n) is 5.13. The van der Waals surface area contributed by atoms with E-state index in [0.29, 0.717) is 17.4 Å². The Morgan fingerprint density at radius 2 is 2.05 bits per heavy atom. The van der Waals surface area contributed by atoms with Gasteiger partial charge in [-0.3, -0.25) is 0 Å². The Bertz CT molecular complexity index is 762. The molecule has 0 aliphatic carbocycles. The Hall–Kier alpha value is -1.92. The second-order valence-corrected chi connectivity index (χ2v) is 4.36. The average Bonchev–Trinajstić information content (AvgIpc) is 2.82. The fourth-order valence-electron chi connectivity index (χ4n) is 1.49. The van der Waals surface area contributed by atoms with Crippen molar-refractivity contribution in [1.29, 1.82) is 0 Å². The molecule has 0 unspecified atom stereocenters. The zero-order valence-electron chi connectivity index (χ0n) is 9.22. The van der Waals surface area contributed by atoms with Gasteiger partial charge in [0.05, 0.1) is 5.02 Å². The molecule has 0 aliphatic heterocycles. The third kappa shape index (κ3) is 2.32. The van der Waals surface area contributed by atoms with Crippen LogP contribution in [0.15, 0.2) is 30.6 Å². The van der Waals surface area contributed by atoms with Crippen molar-refractivity contribution in [1.82, 2.24) is 19.6 Å². The van der Waals surface area contributed by atoms with Crippen LogP contribution in [0.3, 0.4) is 0 Å². The van der Waals surface area contributed by atoms with Gasteiger partial charge in [-0.2, -0.15) is 19.6 Å². The summed E-state index contributed by atoms with van der Waals surface area (Å²) in [5.41, 5.74) is 0. The van der Waals surface area contributed by atoms with Gasteiger partial charge < -0.3 is 4.74 Å². The maximum absolute atomic E-state index is 13.1. The first-order valence-corrected chi connectivity index (χ1v) is 5.88. The molecule has 0 bridgehead atoms. The monoisotopic (exact) mass is 298 g/mol. The molecule has 8 heteroatoms. The van der Waals surface area contributed by atoms with Gasteiger partial charge in [-0.1, -0.05) is 23.2 Å². The summed E-state index contributed by atoms with van der Waals surface area (Å²) in [7, 11) is 0. The smallest absolute Gasteiger partial charge is 0.256 e. The molecule has 3 rings (SSSR count). The molecule has 2 aromatic heterocycles.